The van der Waals surface area contributed by atoms with Crippen molar-refractivity contribution in [1.82, 2.24) is 29.1 Å². The van der Waals surface area contributed by atoms with Gasteiger partial charge < -0.3 is 29.5 Å². The van der Waals surface area contributed by atoms with Crippen molar-refractivity contribution in [2.24, 2.45) is 0 Å². The molecule has 6 heterocycles. The Balaban J connectivity index is 1.28. The van der Waals surface area contributed by atoms with Gasteiger partial charge in [-0.2, -0.15) is 0 Å². The van der Waals surface area contributed by atoms with Crippen molar-refractivity contribution in [2.45, 2.75) is 49.2 Å². The first-order chi connectivity index (χ1) is 19.8. The van der Waals surface area contributed by atoms with Gasteiger partial charge in [0.25, 0.3) is 5.56 Å². The number of ether oxygens (including phenoxy) is 2. The fourth-order valence-electron chi connectivity index (χ4n) is 4.74. The number of aromatic amines is 1. The second-order valence-electron chi connectivity index (χ2n) is 9.29. The molecule has 0 aliphatic carbocycles. The number of H-pyrrole nitrogens is 1. The molecular formula is C19H21F2N7O11P2S. The van der Waals surface area contributed by atoms with Gasteiger partial charge in [0.1, 0.15) is 36.3 Å². The Labute approximate surface area is 237 Å². The van der Waals surface area contributed by atoms with Gasteiger partial charge in [-0.3, -0.25) is 32.5 Å². The Morgan fingerprint density at radius 2 is 1.64 bits per heavy atom. The van der Waals surface area contributed by atoms with E-state index >= 15 is 8.78 Å². The van der Waals surface area contributed by atoms with Crippen LogP contribution in [0.15, 0.2) is 34.5 Å². The summed E-state index contributed by atoms with van der Waals surface area (Å²) in [5, 5.41) is 0. The van der Waals surface area contributed by atoms with Gasteiger partial charge in [0.2, 0.25) is 0 Å². The number of nitrogens with zero attached hydrogens (tertiary/aromatic N) is 5. The van der Waals surface area contributed by atoms with E-state index in [9.17, 15) is 23.9 Å². The van der Waals surface area contributed by atoms with Crippen molar-refractivity contribution in [2.75, 3.05) is 18.9 Å². The highest BCUT2D eigenvalue weighted by atomic mass is 32.5. The molecule has 0 bridgehead atoms. The topological polar surface area (TPSA) is 237 Å². The molecule has 3 aliphatic heterocycles. The summed E-state index contributed by atoms with van der Waals surface area (Å²) in [6, 6.07) is 0.933. The number of phosphoric acid groups is 1. The summed E-state index contributed by atoms with van der Waals surface area (Å²) in [7, 11) is -5.11. The van der Waals surface area contributed by atoms with Gasteiger partial charge in [-0.1, -0.05) is 0 Å². The monoisotopic (exact) mass is 655 g/mol. The summed E-state index contributed by atoms with van der Waals surface area (Å²) < 4.78 is 78.1. The zero-order valence-electron chi connectivity index (χ0n) is 20.8. The van der Waals surface area contributed by atoms with Gasteiger partial charge in [-0.05, 0) is 11.8 Å². The molecule has 23 heteroatoms. The maximum absolute atomic E-state index is 15.8. The Kier molecular flexibility index (Phi) is 7.64. The average molecular weight is 655 g/mol. The van der Waals surface area contributed by atoms with Crippen LogP contribution in [0.3, 0.4) is 0 Å². The van der Waals surface area contributed by atoms with E-state index in [0.717, 1.165) is 23.2 Å². The molecule has 18 nitrogen and oxygen atoms in total. The SMILES string of the molecule is Nc1ncnc2c1ncn2[C@@H]1O[C@@H]2COP(O)(=S)O[C@@H]3[C@H](F)[C@H](n4ccc(=O)[nH]c4=O)O[C@@H]3COP(=O)(O)O[C@@H]2[C@@H]1F. The van der Waals surface area contributed by atoms with Gasteiger partial charge in [-0.25, -0.2) is 33.1 Å². The van der Waals surface area contributed by atoms with Crippen molar-refractivity contribution >= 4 is 43.3 Å². The lowest BCUT2D eigenvalue weighted by Gasteiger charge is -2.28. The molecule has 0 amide bonds. The van der Waals surface area contributed by atoms with Crippen LogP contribution in [-0.4, -0.2) is 88.8 Å². The van der Waals surface area contributed by atoms with Crippen LogP contribution in [0.5, 0.6) is 0 Å². The molecule has 42 heavy (non-hydrogen) atoms. The lowest BCUT2D eigenvalue weighted by Crippen LogP contribution is -2.38. The fourth-order valence-corrected chi connectivity index (χ4v) is 7.14. The Morgan fingerprint density at radius 1 is 1.00 bits per heavy atom. The van der Waals surface area contributed by atoms with Crippen LogP contribution >= 0.6 is 14.5 Å². The Bertz CT molecular complexity index is 1730. The number of aromatic nitrogens is 6. The van der Waals surface area contributed by atoms with Crippen molar-refractivity contribution in [1.29, 1.82) is 0 Å². The van der Waals surface area contributed by atoms with Gasteiger partial charge in [-0.15, -0.1) is 0 Å². The normalized spacial score (nSPS) is 39.3. The summed E-state index contributed by atoms with van der Waals surface area (Å²) >= 11 is 5.02. The predicted octanol–water partition coefficient (Wildman–Crippen LogP) is -0.436. The summed E-state index contributed by atoms with van der Waals surface area (Å²) in [5.74, 6) is 0.0104. The Hall–Kier alpha value is -2.55. The molecule has 10 atom stereocenters. The minimum Gasteiger partial charge on any atom is -0.382 e. The van der Waals surface area contributed by atoms with Gasteiger partial charge in [0, 0.05) is 12.3 Å². The lowest BCUT2D eigenvalue weighted by molar-refractivity contribution is -0.0636. The van der Waals surface area contributed by atoms with E-state index in [1.165, 1.54) is 6.33 Å². The molecule has 0 radical (unpaired) electrons. The second-order valence-corrected chi connectivity index (χ2v) is 13.5. The molecule has 228 valence electrons. The summed E-state index contributed by atoms with van der Waals surface area (Å²) in [6.45, 7) is -5.98. The van der Waals surface area contributed by atoms with Crippen LogP contribution in [-0.2, 0) is 43.9 Å². The third-order valence-electron chi connectivity index (χ3n) is 6.63. The molecule has 5 N–H and O–H groups in total. The second kappa shape index (κ2) is 10.9. The van der Waals surface area contributed by atoms with E-state index in [0.29, 0.717) is 4.57 Å². The number of phosphoric ester groups is 1. The molecule has 3 aliphatic rings. The molecule has 3 aromatic heterocycles. The zero-order chi connectivity index (χ0) is 30.0. The third-order valence-corrected chi connectivity index (χ3v) is 9.18. The first kappa shape index (κ1) is 29.5. The number of hydrogen-bond acceptors (Lipinski definition) is 14. The molecule has 2 unspecified atom stereocenters. The maximum atomic E-state index is 15.8. The van der Waals surface area contributed by atoms with Crippen LogP contribution in [0.1, 0.15) is 12.5 Å². The van der Waals surface area contributed by atoms with Crippen molar-refractivity contribution < 1.29 is 50.7 Å². The number of imidazole rings is 1. The van der Waals surface area contributed by atoms with Crippen molar-refractivity contribution in [3.05, 3.63) is 45.8 Å². The molecular weight excluding hydrogens is 634 g/mol. The number of anilines is 1. The third kappa shape index (κ3) is 5.46. The van der Waals surface area contributed by atoms with Crippen molar-refractivity contribution in [3.63, 3.8) is 0 Å². The fraction of sp³-hybridized carbons (Fsp3) is 0.526. The van der Waals surface area contributed by atoms with Gasteiger partial charge in [0.05, 0.1) is 19.5 Å². The summed E-state index contributed by atoms with van der Waals surface area (Å²) in [5.41, 5.74) is 4.22. The number of nitrogen functional groups attached to an aromatic ring is 1. The van der Waals surface area contributed by atoms with Crippen LogP contribution in [0.2, 0.25) is 0 Å². The van der Waals surface area contributed by atoms with Crippen LogP contribution < -0.4 is 17.0 Å². The standard InChI is InChI=1S/C19H21F2N7O11P2S/c20-10-13-8(37-18(10)28-6-25-12-15(22)23-5-24-16(12)28)4-35-41(33,42)39-14-7(3-34-40(31,32)38-13)36-17(11(14)21)27-2-1-9(29)26-19(27)30/h1-2,5-8,10-11,13-14,17-18H,3-4H2,(H,31,32)(H,33,42)(H2,22,23,24)(H,26,29,30)/t7-,8-,10+,11+,13+,14+,17-,18-,41?/m1/s1. The number of alkyl halides is 2. The molecule has 0 saturated carbocycles. The first-order valence-corrected chi connectivity index (χ1v) is 16.1. The lowest BCUT2D eigenvalue weighted by atomic mass is 10.1. The highest BCUT2D eigenvalue weighted by Gasteiger charge is 2.54. The molecule has 3 saturated heterocycles. The number of rotatable bonds is 2. The predicted molar refractivity (Wildman–Crippen MR) is 137 cm³/mol. The number of hydrogen-bond donors (Lipinski definition) is 4. The van der Waals surface area contributed by atoms with E-state index in [1.807, 2.05) is 4.98 Å². The van der Waals surface area contributed by atoms with E-state index in [4.69, 9.17) is 45.1 Å². The number of nitrogens with two attached hydrogens (primary N) is 1. The minimum absolute atomic E-state index is 0.0104. The first-order valence-electron chi connectivity index (χ1n) is 12.0. The Morgan fingerprint density at radius 3 is 2.33 bits per heavy atom. The van der Waals surface area contributed by atoms with E-state index in [-0.39, 0.29) is 17.0 Å². The van der Waals surface area contributed by atoms with Gasteiger partial charge >= 0.3 is 20.2 Å². The average Bonchev–Trinajstić information content (AvgIpc) is 3.57. The van der Waals surface area contributed by atoms with Crippen LogP contribution in [0.25, 0.3) is 11.2 Å². The van der Waals surface area contributed by atoms with Gasteiger partial charge in [0.15, 0.2) is 36.3 Å². The van der Waals surface area contributed by atoms with Crippen molar-refractivity contribution in [3.8, 4) is 0 Å². The minimum atomic E-state index is -5.11. The molecule has 6 rings (SSSR count). The van der Waals surface area contributed by atoms with E-state index < -0.39 is 88.2 Å². The number of halogens is 2. The molecule has 3 fully saturated rings. The molecule has 3 aromatic rings. The number of fused-ring (bicyclic) bond motifs is 3. The maximum Gasteiger partial charge on any atom is 0.472 e. The highest BCUT2D eigenvalue weighted by Crippen LogP contribution is 2.54. The zero-order valence-corrected chi connectivity index (χ0v) is 23.4. The largest absolute Gasteiger partial charge is 0.472 e. The van der Waals surface area contributed by atoms with Crippen LogP contribution in [0.4, 0.5) is 14.6 Å². The van der Waals surface area contributed by atoms with E-state index in [2.05, 4.69) is 15.0 Å². The smallest absolute Gasteiger partial charge is 0.382 e. The van der Waals surface area contributed by atoms with E-state index in [1.54, 1.807) is 0 Å². The summed E-state index contributed by atoms with van der Waals surface area (Å²) in [6.07, 6.45) is -11.0. The van der Waals surface area contributed by atoms with Crippen LogP contribution in [0, 0.1) is 0 Å². The summed E-state index contributed by atoms with van der Waals surface area (Å²) in [4.78, 5) is 58.6. The number of nitrogens with one attached hydrogen (secondary N) is 1. The molecule has 0 spiro atoms. The molecule has 0 aromatic carbocycles. The quantitative estimate of drug-likeness (QED) is 0.256. The highest BCUT2D eigenvalue weighted by molar-refractivity contribution is 8.07.